The van der Waals surface area contributed by atoms with Crippen LogP contribution in [0.2, 0.25) is 0 Å². The van der Waals surface area contributed by atoms with Crippen molar-refractivity contribution in [2.75, 3.05) is 13.1 Å². The molecule has 1 fully saturated rings. The van der Waals surface area contributed by atoms with Crippen molar-refractivity contribution in [1.29, 1.82) is 0 Å². The lowest BCUT2D eigenvalue weighted by Crippen LogP contribution is -2.61. The van der Waals surface area contributed by atoms with Gasteiger partial charge in [-0.1, -0.05) is 28.1 Å². The molecular formula is C13H16BrNO2. The number of hydrogen-bond donors (Lipinski definition) is 0. The number of nitrogens with zero attached hydrogens (tertiary/aromatic N) is 1. The highest BCUT2D eigenvalue weighted by atomic mass is 79.9. The minimum Gasteiger partial charge on any atom is -0.457 e. The molecule has 0 aromatic heterocycles. The normalized spacial score (nSPS) is 18.5. The molecule has 0 N–H and O–H groups in total. The first-order chi connectivity index (χ1) is 7.97. The molecule has 2 rings (SSSR count). The smallest absolute Gasteiger partial charge is 0.303 e. The molecule has 0 spiro atoms. The van der Waals surface area contributed by atoms with Gasteiger partial charge < -0.3 is 4.74 Å². The zero-order valence-electron chi connectivity index (χ0n) is 10.1. The van der Waals surface area contributed by atoms with Gasteiger partial charge in [-0.2, -0.15) is 0 Å². The third kappa shape index (κ3) is 3.30. The summed E-state index contributed by atoms with van der Waals surface area (Å²) in [6.45, 7) is 5.96. The van der Waals surface area contributed by atoms with Crippen molar-refractivity contribution < 1.29 is 9.53 Å². The molecule has 0 atom stereocenters. The van der Waals surface area contributed by atoms with Gasteiger partial charge in [0.2, 0.25) is 0 Å². The minimum absolute atomic E-state index is 0.198. The molecule has 3 nitrogen and oxygen atoms in total. The van der Waals surface area contributed by atoms with Crippen LogP contribution in [0.3, 0.4) is 0 Å². The fraction of sp³-hybridized carbons (Fsp3) is 0.462. The van der Waals surface area contributed by atoms with Crippen molar-refractivity contribution in [2.45, 2.75) is 26.0 Å². The fourth-order valence-corrected chi connectivity index (χ4v) is 2.54. The number of carbonyl (C=O) groups excluding carboxylic acids is 1. The van der Waals surface area contributed by atoms with Crippen LogP contribution in [0.4, 0.5) is 0 Å². The zero-order valence-corrected chi connectivity index (χ0v) is 11.7. The fourth-order valence-electron chi connectivity index (χ4n) is 2.27. The van der Waals surface area contributed by atoms with E-state index in [4.69, 9.17) is 4.74 Å². The van der Waals surface area contributed by atoms with Gasteiger partial charge in [0.1, 0.15) is 5.60 Å². The first-order valence-electron chi connectivity index (χ1n) is 5.63. The summed E-state index contributed by atoms with van der Waals surface area (Å²) in [6.07, 6.45) is 0. The lowest BCUT2D eigenvalue weighted by molar-refractivity contribution is -0.174. The maximum Gasteiger partial charge on any atom is 0.303 e. The maximum atomic E-state index is 10.9. The van der Waals surface area contributed by atoms with E-state index in [9.17, 15) is 4.79 Å². The van der Waals surface area contributed by atoms with E-state index in [1.54, 1.807) is 0 Å². The minimum atomic E-state index is -0.290. The van der Waals surface area contributed by atoms with Crippen LogP contribution in [0.1, 0.15) is 19.4 Å². The number of likely N-dealkylation sites (tertiary alicyclic amines) is 1. The van der Waals surface area contributed by atoms with Gasteiger partial charge in [-0.3, -0.25) is 9.69 Å². The van der Waals surface area contributed by atoms with Gasteiger partial charge in [0, 0.05) is 31.0 Å². The van der Waals surface area contributed by atoms with Crippen molar-refractivity contribution in [3.63, 3.8) is 0 Å². The number of hydrogen-bond acceptors (Lipinski definition) is 3. The Kier molecular flexibility index (Phi) is 3.54. The number of rotatable bonds is 3. The average molecular weight is 298 g/mol. The quantitative estimate of drug-likeness (QED) is 0.803. The summed E-state index contributed by atoms with van der Waals surface area (Å²) >= 11 is 3.42. The number of ether oxygens (including phenoxy) is 1. The summed E-state index contributed by atoms with van der Waals surface area (Å²) in [4.78, 5) is 13.2. The van der Waals surface area contributed by atoms with Crippen LogP contribution in [-0.4, -0.2) is 29.6 Å². The molecule has 1 aliphatic rings. The van der Waals surface area contributed by atoms with Gasteiger partial charge in [-0.15, -0.1) is 0 Å². The number of benzene rings is 1. The Bertz CT molecular complexity index is 410. The predicted octanol–water partition coefficient (Wildman–Crippen LogP) is 2.59. The van der Waals surface area contributed by atoms with E-state index < -0.39 is 0 Å². The molecule has 92 valence electrons. The molecular weight excluding hydrogens is 282 g/mol. The molecule has 1 heterocycles. The van der Waals surface area contributed by atoms with Crippen LogP contribution in [0, 0.1) is 0 Å². The third-order valence-electron chi connectivity index (χ3n) is 2.83. The Balaban J connectivity index is 1.84. The van der Waals surface area contributed by atoms with Gasteiger partial charge in [-0.05, 0) is 24.6 Å². The van der Waals surface area contributed by atoms with E-state index in [1.165, 1.54) is 12.5 Å². The van der Waals surface area contributed by atoms with E-state index >= 15 is 0 Å². The summed E-state index contributed by atoms with van der Waals surface area (Å²) < 4.78 is 6.36. The van der Waals surface area contributed by atoms with E-state index in [0.717, 1.165) is 24.1 Å². The Labute approximate surface area is 110 Å². The van der Waals surface area contributed by atoms with Crippen molar-refractivity contribution in [3.05, 3.63) is 34.3 Å². The first-order valence-corrected chi connectivity index (χ1v) is 6.43. The Morgan fingerprint density at radius 2 is 2.00 bits per heavy atom. The molecule has 0 unspecified atom stereocenters. The molecule has 0 radical (unpaired) electrons. The van der Waals surface area contributed by atoms with Gasteiger partial charge >= 0.3 is 5.97 Å². The van der Waals surface area contributed by atoms with E-state index in [-0.39, 0.29) is 11.6 Å². The second kappa shape index (κ2) is 4.78. The summed E-state index contributed by atoms with van der Waals surface area (Å²) in [5.74, 6) is -0.198. The van der Waals surface area contributed by atoms with Gasteiger partial charge in [0.05, 0.1) is 0 Å². The van der Waals surface area contributed by atoms with E-state index in [0.29, 0.717) is 0 Å². The Hall–Kier alpha value is -0.870. The van der Waals surface area contributed by atoms with Crippen LogP contribution in [-0.2, 0) is 16.1 Å². The summed E-state index contributed by atoms with van der Waals surface area (Å²) in [5.41, 5.74) is 0.986. The highest BCUT2D eigenvalue weighted by Crippen LogP contribution is 2.26. The largest absolute Gasteiger partial charge is 0.457 e. The van der Waals surface area contributed by atoms with Crippen LogP contribution in [0.15, 0.2) is 28.7 Å². The molecule has 4 heteroatoms. The lowest BCUT2D eigenvalue weighted by Gasteiger charge is -2.46. The van der Waals surface area contributed by atoms with Crippen LogP contribution in [0.5, 0.6) is 0 Å². The summed E-state index contributed by atoms with van der Waals surface area (Å²) in [7, 11) is 0. The molecule has 0 amide bonds. The van der Waals surface area contributed by atoms with Crippen molar-refractivity contribution >= 4 is 21.9 Å². The van der Waals surface area contributed by atoms with E-state index in [1.807, 2.05) is 19.1 Å². The monoisotopic (exact) mass is 297 g/mol. The summed E-state index contributed by atoms with van der Waals surface area (Å²) in [6, 6.07) is 8.29. The van der Waals surface area contributed by atoms with Crippen LogP contribution >= 0.6 is 15.9 Å². The Morgan fingerprint density at radius 1 is 1.41 bits per heavy atom. The molecule has 1 aromatic rings. The SMILES string of the molecule is CC(=O)OC1(C)CN(Cc2ccc(Br)cc2)C1. The molecule has 1 saturated heterocycles. The van der Waals surface area contributed by atoms with Crippen molar-refractivity contribution in [1.82, 2.24) is 4.90 Å². The maximum absolute atomic E-state index is 10.9. The highest BCUT2D eigenvalue weighted by Gasteiger charge is 2.41. The average Bonchev–Trinajstić information content (AvgIpc) is 2.18. The molecule has 0 saturated carbocycles. The summed E-state index contributed by atoms with van der Waals surface area (Å²) in [5, 5.41) is 0. The van der Waals surface area contributed by atoms with Gasteiger partial charge in [-0.25, -0.2) is 0 Å². The van der Waals surface area contributed by atoms with E-state index in [2.05, 4.69) is 33.0 Å². The number of esters is 1. The predicted molar refractivity (Wildman–Crippen MR) is 69.6 cm³/mol. The number of carbonyl (C=O) groups is 1. The topological polar surface area (TPSA) is 29.5 Å². The molecule has 1 aromatic carbocycles. The molecule has 1 aliphatic heterocycles. The lowest BCUT2D eigenvalue weighted by atomic mass is 9.95. The van der Waals surface area contributed by atoms with Crippen molar-refractivity contribution in [3.8, 4) is 0 Å². The van der Waals surface area contributed by atoms with Gasteiger partial charge in [0.25, 0.3) is 0 Å². The number of halogens is 1. The Morgan fingerprint density at radius 3 is 2.53 bits per heavy atom. The third-order valence-corrected chi connectivity index (χ3v) is 3.35. The molecule has 0 bridgehead atoms. The van der Waals surface area contributed by atoms with Crippen molar-refractivity contribution in [2.24, 2.45) is 0 Å². The molecule has 0 aliphatic carbocycles. The molecule has 17 heavy (non-hydrogen) atoms. The van der Waals surface area contributed by atoms with Crippen LogP contribution < -0.4 is 0 Å². The zero-order chi connectivity index (χ0) is 12.5. The van der Waals surface area contributed by atoms with Gasteiger partial charge in [0.15, 0.2) is 0 Å². The first kappa shape index (κ1) is 12.6. The standard InChI is InChI=1S/C13H16BrNO2/c1-10(16)17-13(2)8-15(9-13)7-11-3-5-12(14)6-4-11/h3-6H,7-9H2,1-2H3. The highest BCUT2D eigenvalue weighted by molar-refractivity contribution is 9.10. The van der Waals surface area contributed by atoms with Crippen LogP contribution in [0.25, 0.3) is 0 Å². The second-order valence-electron chi connectivity index (χ2n) is 4.82. The second-order valence-corrected chi connectivity index (χ2v) is 5.73.